The molecule has 0 spiro atoms. The molecule has 0 saturated carbocycles. The van der Waals surface area contributed by atoms with Gasteiger partial charge in [0.2, 0.25) is 0 Å². The number of carboxylic acids is 1. The van der Waals surface area contributed by atoms with E-state index in [1.165, 1.54) is 5.69 Å². The third-order valence-electron chi connectivity index (χ3n) is 5.79. The van der Waals surface area contributed by atoms with Gasteiger partial charge in [0.25, 0.3) is 0 Å². The van der Waals surface area contributed by atoms with Crippen molar-refractivity contribution in [1.29, 1.82) is 0 Å². The topological polar surface area (TPSA) is 70.8 Å². The zero-order valence-electron chi connectivity index (χ0n) is 17.5. The Bertz CT molecular complexity index is 1040. The Morgan fingerprint density at radius 2 is 1.83 bits per heavy atom. The average Bonchev–Trinajstić information content (AvgIpc) is 3.16. The number of carbonyl (C=O) groups is 1. The summed E-state index contributed by atoms with van der Waals surface area (Å²) < 4.78 is 7.33. The number of aromatic carboxylic acids is 1. The lowest BCUT2D eigenvalue weighted by Gasteiger charge is -2.35. The van der Waals surface area contributed by atoms with Crippen molar-refractivity contribution in [2.45, 2.75) is 13.3 Å². The van der Waals surface area contributed by atoms with Crippen LogP contribution in [0.15, 0.2) is 42.5 Å². The van der Waals surface area contributed by atoms with Crippen molar-refractivity contribution in [2.24, 2.45) is 0 Å². The molecular weight excluding hydrogens is 380 g/mol. The van der Waals surface area contributed by atoms with E-state index in [1.807, 2.05) is 6.07 Å². The second-order valence-corrected chi connectivity index (χ2v) is 7.53. The zero-order valence-corrected chi connectivity index (χ0v) is 17.5. The summed E-state index contributed by atoms with van der Waals surface area (Å²) in [6, 6.07) is 13.7. The first-order chi connectivity index (χ1) is 14.6. The Hall–Kier alpha value is -2.90. The lowest BCUT2D eigenvalue weighted by atomic mass is 10.1. The molecule has 1 aliphatic heterocycles. The number of anilines is 1. The van der Waals surface area contributed by atoms with Crippen LogP contribution in [0.4, 0.5) is 5.69 Å². The lowest BCUT2D eigenvalue weighted by Crippen LogP contribution is -2.46. The van der Waals surface area contributed by atoms with Gasteiger partial charge in [-0.15, -0.1) is 0 Å². The first kappa shape index (κ1) is 20.4. The highest BCUT2D eigenvalue weighted by Crippen LogP contribution is 2.27. The molecule has 0 bridgehead atoms. The van der Waals surface area contributed by atoms with Crippen LogP contribution < -0.4 is 4.90 Å². The molecule has 0 aliphatic carbocycles. The Morgan fingerprint density at radius 3 is 2.53 bits per heavy atom. The van der Waals surface area contributed by atoms with Crippen LogP contribution in [0.25, 0.3) is 16.7 Å². The highest BCUT2D eigenvalue weighted by Gasteiger charge is 2.20. The predicted molar refractivity (Wildman–Crippen MR) is 118 cm³/mol. The number of ether oxygens (including phenoxy) is 1. The van der Waals surface area contributed by atoms with E-state index in [-0.39, 0.29) is 5.56 Å². The molecule has 7 nitrogen and oxygen atoms in total. The molecule has 4 rings (SSSR count). The minimum atomic E-state index is -0.967. The minimum absolute atomic E-state index is 0.219. The number of fused-ring (bicyclic) bond motifs is 1. The summed E-state index contributed by atoms with van der Waals surface area (Å²) in [5.74, 6) is -0.167. The standard InChI is InChI=1S/C23H28N4O3/c1-3-25-11-13-26(14-12-25)17-6-4-7-18(16-17)27-20-9-5-8-19(23(28)29)22(20)24-21(27)10-15-30-2/h4-9,16H,3,10-15H2,1-2H3,(H,28,29). The summed E-state index contributed by atoms with van der Waals surface area (Å²) in [5, 5.41) is 9.60. The SMILES string of the molecule is CCN1CCN(c2cccc(-n3c(CCOC)nc4c(C(=O)O)cccc43)c2)CC1. The maximum Gasteiger partial charge on any atom is 0.337 e. The first-order valence-electron chi connectivity index (χ1n) is 10.4. The van der Waals surface area contributed by atoms with Crippen molar-refractivity contribution in [1.82, 2.24) is 14.5 Å². The number of para-hydroxylation sites is 1. The normalized spacial score (nSPS) is 15.1. The second kappa shape index (κ2) is 8.85. The molecule has 0 unspecified atom stereocenters. The number of carboxylic acid groups (broad SMARTS) is 1. The highest BCUT2D eigenvalue weighted by atomic mass is 16.5. The molecule has 1 N–H and O–H groups in total. The van der Waals surface area contributed by atoms with Crippen LogP contribution in [-0.2, 0) is 11.2 Å². The number of piperazine rings is 1. The van der Waals surface area contributed by atoms with E-state index in [0.717, 1.165) is 49.8 Å². The van der Waals surface area contributed by atoms with Gasteiger partial charge in [0, 0.05) is 51.1 Å². The van der Waals surface area contributed by atoms with Gasteiger partial charge < -0.3 is 19.6 Å². The molecule has 0 amide bonds. The molecule has 0 radical (unpaired) electrons. The lowest BCUT2D eigenvalue weighted by molar-refractivity contribution is 0.0699. The fourth-order valence-corrected chi connectivity index (χ4v) is 4.12. The van der Waals surface area contributed by atoms with Crippen molar-refractivity contribution in [2.75, 3.05) is 51.3 Å². The van der Waals surface area contributed by atoms with E-state index < -0.39 is 5.97 Å². The van der Waals surface area contributed by atoms with Crippen LogP contribution in [0.2, 0.25) is 0 Å². The molecule has 30 heavy (non-hydrogen) atoms. The zero-order chi connectivity index (χ0) is 21.1. The fourth-order valence-electron chi connectivity index (χ4n) is 4.12. The number of methoxy groups -OCH3 is 1. The highest BCUT2D eigenvalue weighted by molar-refractivity contribution is 6.01. The minimum Gasteiger partial charge on any atom is -0.478 e. The molecule has 1 fully saturated rings. The molecule has 0 atom stereocenters. The number of likely N-dealkylation sites (N-methyl/N-ethyl adjacent to an activating group) is 1. The van der Waals surface area contributed by atoms with E-state index in [2.05, 4.69) is 45.6 Å². The number of hydrogen-bond acceptors (Lipinski definition) is 5. The predicted octanol–water partition coefficient (Wildman–Crippen LogP) is 3.05. The third kappa shape index (κ3) is 3.91. The molecule has 158 valence electrons. The van der Waals surface area contributed by atoms with E-state index in [4.69, 9.17) is 9.72 Å². The van der Waals surface area contributed by atoms with Crippen LogP contribution >= 0.6 is 0 Å². The van der Waals surface area contributed by atoms with Crippen molar-refractivity contribution < 1.29 is 14.6 Å². The average molecular weight is 409 g/mol. The summed E-state index contributed by atoms with van der Waals surface area (Å²) in [4.78, 5) is 21.3. The van der Waals surface area contributed by atoms with Gasteiger partial charge in [-0.25, -0.2) is 9.78 Å². The van der Waals surface area contributed by atoms with Crippen molar-refractivity contribution in [3.63, 3.8) is 0 Å². The van der Waals surface area contributed by atoms with E-state index in [9.17, 15) is 9.90 Å². The second-order valence-electron chi connectivity index (χ2n) is 7.53. The van der Waals surface area contributed by atoms with Gasteiger partial charge >= 0.3 is 5.97 Å². The number of aromatic nitrogens is 2. The molecule has 1 aromatic heterocycles. The maximum atomic E-state index is 11.7. The van der Waals surface area contributed by atoms with Crippen molar-refractivity contribution in [3.8, 4) is 5.69 Å². The van der Waals surface area contributed by atoms with Crippen molar-refractivity contribution >= 4 is 22.7 Å². The van der Waals surface area contributed by atoms with Crippen LogP contribution in [0.3, 0.4) is 0 Å². The monoisotopic (exact) mass is 408 g/mol. The van der Waals surface area contributed by atoms with Gasteiger partial charge in [-0.3, -0.25) is 4.57 Å². The van der Waals surface area contributed by atoms with Gasteiger partial charge in [-0.1, -0.05) is 19.1 Å². The Kier molecular flexibility index (Phi) is 6.01. The summed E-state index contributed by atoms with van der Waals surface area (Å²) in [6.07, 6.45) is 0.601. The van der Waals surface area contributed by atoms with E-state index in [1.54, 1.807) is 19.2 Å². The van der Waals surface area contributed by atoms with E-state index in [0.29, 0.717) is 18.5 Å². The summed E-state index contributed by atoms with van der Waals surface area (Å²) in [6.45, 7) is 7.94. The first-order valence-corrected chi connectivity index (χ1v) is 10.4. The van der Waals surface area contributed by atoms with Gasteiger partial charge in [-0.2, -0.15) is 0 Å². The number of imidazole rings is 1. The summed E-state index contributed by atoms with van der Waals surface area (Å²) >= 11 is 0. The number of hydrogen-bond donors (Lipinski definition) is 1. The molecule has 3 aromatic rings. The molecule has 7 heteroatoms. The van der Waals surface area contributed by atoms with Crippen LogP contribution in [0.1, 0.15) is 23.1 Å². The van der Waals surface area contributed by atoms with Crippen LogP contribution in [0, 0.1) is 0 Å². The van der Waals surface area contributed by atoms with Gasteiger partial charge in [0.1, 0.15) is 11.3 Å². The largest absolute Gasteiger partial charge is 0.478 e. The third-order valence-corrected chi connectivity index (χ3v) is 5.79. The molecule has 2 heterocycles. The molecule has 1 saturated heterocycles. The van der Waals surface area contributed by atoms with E-state index >= 15 is 0 Å². The summed E-state index contributed by atoms with van der Waals surface area (Å²) in [7, 11) is 1.66. The van der Waals surface area contributed by atoms with Gasteiger partial charge in [0.15, 0.2) is 0 Å². The smallest absolute Gasteiger partial charge is 0.337 e. The van der Waals surface area contributed by atoms with Crippen LogP contribution in [-0.4, -0.2) is 72.0 Å². The fraction of sp³-hybridized carbons (Fsp3) is 0.391. The number of benzene rings is 2. The number of rotatable bonds is 7. The quantitative estimate of drug-likeness (QED) is 0.648. The Labute approximate surface area is 176 Å². The van der Waals surface area contributed by atoms with Crippen molar-refractivity contribution in [3.05, 3.63) is 53.9 Å². The summed E-state index contributed by atoms with van der Waals surface area (Å²) in [5.41, 5.74) is 3.70. The Morgan fingerprint density at radius 1 is 1.10 bits per heavy atom. The number of nitrogens with zero attached hydrogens (tertiary/aromatic N) is 4. The van der Waals surface area contributed by atoms with Crippen LogP contribution in [0.5, 0.6) is 0 Å². The molecular formula is C23H28N4O3. The van der Waals surface area contributed by atoms with Gasteiger partial charge in [0.05, 0.1) is 17.7 Å². The Balaban J connectivity index is 1.77. The molecule has 1 aliphatic rings. The maximum absolute atomic E-state index is 11.7. The van der Waals surface area contributed by atoms with Gasteiger partial charge in [-0.05, 0) is 36.9 Å². The molecule has 2 aromatic carbocycles.